The number of H-pyrrole nitrogens is 1. The number of nitrogens with zero attached hydrogens (tertiary/aromatic N) is 3. The van der Waals surface area contributed by atoms with E-state index < -0.39 is 23.3 Å². The van der Waals surface area contributed by atoms with Gasteiger partial charge in [0.2, 0.25) is 5.88 Å². The van der Waals surface area contributed by atoms with E-state index in [4.69, 9.17) is 4.74 Å². The molecule has 184 valence electrons. The summed E-state index contributed by atoms with van der Waals surface area (Å²) in [5, 5.41) is 5.62. The van der Waals surface area contributed by atoms with Crippen molar-refractivity contribution in [2.24, 2.45) is 0 Å². The van der Waals surface area contributed by atoms with Gasteiger partial charge in [0.25, 0.3) is 11.8 Å². The first-order valence-corrected chi connectivity index (χ1v) is 11.2. The summed E-state index contributed by atoms with van der Waals surface area (Å²) in [5.41, 5.74) is 1.60. The molecule has 0 atom stereocenters. The number of amides is 2. The third kappa shape index (κ3) is 4.19. The molecule has 1 aliphatic rings. The number of ether oxygens (including phenoxy) is 1. The fourth-order valence-electron chi connectivity index (χ4n) is 3.91. The minimum absolute atomic E-state index is 0.0160. The second-order valence-electron chi connectivity index (χ2n) is 8.34. The zero-order valence-corrected chi connectivity index (χ0v) is 19.5. The van der Waals surface area contributed by atoms with Crippen LogP contribution in [0.2, 0.25) is 0 Å². The summed E-state index contributed by atoms with van der Waals surface area (Å²) in [6.45, 7) is 2.78. The average molecular weight is 492 g/mol. The number of fused-ring (bicyclic) bond motifs is 1. The van der Waals surface area contributed by atoms with E-state index in [0.29, 0.717) is 30.0 Å². The number of rotatable bonds is 6. The molecule has 11 heteroatoms. The van der Waals surface area contributed by atoms with Crippen LogP contribution in [0.5, 0.6) is 11.6 Å². The van der Waals surface area contributed by atoms with Gasteiger partial charge in [-0.2, -0.15) is 0 Å². The zero-order chi connectivity index (χ0) is 25.4. The molecule has 5 rings (SSSR count). The van der Waals surface area contributed by atoms with Crippen molar-refractivity contribution in [1.82, 2.24) is 25.2 Å². The molecule has 0 unspecified atom stereocenters. The highest BCUT2D eigenvalue weighted by Gasteiger charge is 2.30. The summed E-state index contributed by atoms with van der Waals surface area (Å²) < 4.78 is 35.5. The van der Waals surface area contributed by atoms with E-state index in [1.54, 1.807) is 36.1 Å². The van der Waals surface area contributed by atoms with Crippen molar-refractivity contribution in [3.05, 3.63) is 71.2 Å². The Kier molecular flexibility index (Phi) is 5.96. The summed E-state index contributed by atoms with van der Waals surface area (Å²) in [5.74, 6) is -2.61. The number of aromatic nitrogens is 3. The number of carbonyl (C=O) groups excluding carboxylic acids is 2. The van der Waals surface area contributed by atoms with Gasteiger partial charge in [0.1, 0.15) is 11.9 Å². The Bertz CT molecular complexity index is 1480. The number of carbonyl (C=O) groups is 2. The lowest BCUT2D eigenvalue weighted by molar-refractivity contribution is 0.0648. The fraction of sp³-hybridized carbons (Fsp3) is 0.200. The highest BCUT2D eigenvalue weighted by Crippen LogP contribution is 2.35. The van der Waals surface area contributed by atoms with Crippen LogP contribution in [0.4, 0.5) is 20.3 Å². The summed E-state index contributed by atoms with van der Waals surface area (Å²) in [7, 11) is 1.54. The number of nitrogens with one attached hydrogen (secondary N) is 3. The van der Waals surface area contributed by atoms with Gasteiger partial charge in [-0.15, -0.1) is 0 Å². The lowest BCUT2D eigenvalue weighted by Gasteiger charge is -2.31. The maximum Gasteiger partial charge on any atom is 0.263 e. The number of aromatic amines is 1. The van der Waals surface area contributed by atoms with E-state index in [-0.39, 0.29) is 34.1 Å². The smallest absolute Gasteiger partial charge is 0.263 e. The van der Waals surface area contributed by atoms with Crippen LogP contribution < -0.4 is 15.4 Å². The SMILES string of the molecule is CNC(=O)c1ccc(Nc2ncnc(Oc3cc(F)c4[nH]c(C)cc4c3F)c2C(=O)N2CCC2)cc1. The second-order valence-corrected chi connectivity index (χ2v) is 8.34. The summed E-state index contributed by atoms with van der Waals surface area (Å²) in [6, 6.07) is 8.93. The van der Waals surface area contributed by atoms with Crippen LogP contribution in [0, 0.1) is 18.6 Å². The van der Waals surface area contributed by atoms with Crippen LogP contribution >= 0.6 is 0 Å². The molecule has 0 spiro atoms. The van der Waals surface area contributed by atoms with Gasteiger partial charge >= 0.3 is 0 Å². The quantitative estimate of drug-likeness (QED) is 0.370. The number of likely N-dealkylation sites (tertiary alicyclic amines) is 1. The van der Waals surface area contributed by atoms with Crippen LogP contribution in [0.1, 0.15) is 32.8 Å². The Morgan fingerprint density at radius 1 is 1.11 bits per heavy atom. The molecule has 9 nitrogen and oxygen atoms in total. The molecule has 1 fully saturated rings. The molecule has 36 heavy (non-hydrogen) atoms. The predicted molar refractivity (Wildman–Crippen MR) is 129 cm³/mol. The van der Waals surface area contributed by atoms with Crippen LogP contribution in [0.3, 0.4) is 0 Å². The minimum atomic E-state index is -0.781. The molecular formula is C25H22F2N6O3. The van der Waals surface area contributed by atoms with E-state index in [1.807, 2.05) is 0 Å². The first kappa shape index (κ1) is 23.2. The summed E-state index contributed by atoms with van der Waals surface area (Å²) in [4.78, 5) is 37.8. The highest BCUT2D eigenvalue weighted by molar-refractivity contribution is 6.02. The second kappa shape index (κ2) is 9.25. The van der Waals surface area contributed by atoms with E-state index >= 15 is 4.39 Å². The van der Waals surface area contributed by atoms with Gasteiger partial charge < -0.3 is 25.3 Å². The van der Waals surface area contributed by atoms with E-state index in [1.165, 1.54) is 13.1 Å². The van der Waals surface area contributed by atoms with Gasteiger partial charge in [-0.25, -0.2) is 18.7 Å². The van der Waals surface area contributed by atoms with Gasteiger partial charge in [-0.1, -0.05) is 0 Å². The molecule has 4 aromatic rings. The molecule has 3 N–H and O–H groups in total. The molecule has 0 saturated carbocycles. The Hall–Kier alpha value is -4.54. The van der Waals surface area contributed by atoms with Gasteiger partial charge in [0, 0.05) is 48.5 Å². The predicted octanol–water partition coefficient (Wildman–Crippen LogP) is 4.29. The van der Waals surface area contributed by atoms with Gasteiger partial charge in [0.15, 0.2) is 23.2 Å². The topological polar surface area (TPSA) is 112 Å². The minimum Gasteiger partial charge on any atom is -0.435 e. The van der Waals surface area contributed by atoms with Crippen molar-refractivity contribution in [3.8, 4) is 11.6 Å². The molecule has 1 saturated heterocycles. The van der Waals surface area contributed by atoms with Crippen LogP contribution in [-0.2, 0) is 0 Å². The van der Waals surface area contributed by atoms with Crippen molar-refractivity contribution in [1.29, 1.82) is 0 Å². The molecule has 0 bridgehead atoms. The largest absolute Gasteiger partial charge is 0.435 e. The van der Waals surface area contributed by atoms with E-state index in [9.17, 15) is 14.0 Å². The van der Waals surface area contributed by atoms with Crippen molar-refractivity contribution in [2.45, 2.75) is 13.3 Å². The molecule has 0 radical (unpaired) electrons. The number of halogens is 2. The third-order valence-electron chi connectivity index (χ3n) is 5.91. The Morgan fingerprint density at radius 3 is 2.53 bits per heavy atom. The maximum atomic E-state index is 15.2. The van der Waals surface area contributed by atoms with E-state index in [2.05, 4.69) is 25.6 Å². The molecule has 3 heterocycles. The maximum absolute atomic E-state index is 15.2. The molecule has 0 aliphatic carbocycles. The van der Waals surface area contributed by atoms with Crippen molar-refractivity contribution in [2.75, 3.05) is 25.5 Å². The van der Waals surface area contributed by atoms with Gasteiger partial charge in [0.05, 0.1) is 5.52 Å². The number of aryl methyl sites for hydroxylation is 1. The fourth-order valence-corrected chi connectivity index (χ4v) is 3.91. The summed E-state index contributed by atoms with van der Waals surface area (Å²) >= 11 is 0. The Labute approximate surface area is 204 Å². The molecule has 2 aromatic heterocycles. The molecule has 2 aromatic carbocycles. The monoisotopic (exact) mass is 492 g/mol. The first-order valence-electron chi connectivity index (χ1n) is 11.2. The molecule has 2 amide bonds. The van der Waals surface area contributed by atoms with Crippen LogP contribution in [0.25, 0.3) is 10.9 Å². The highest BCUT2D eigenvalue weighted by atomic mass is 19.1. The summed E-state index contributed by atoms with van der Waals surface area (Å²) in [6.07, 6.45) is 2.01. The lowest BCUT2D eigenvalue weighted by atomic mass is 10.1. The average Bonchev–Trinajstić information content (AvgIpc) is 3.24. The third-order valence-corrected chi connectivity index (χ3v) is 5.91. The van der Waals surface area contributed by atoms with Gasteiger partial charge in [-0.05, 0) is 43.7 Å². The molecule has 1 aliphatic heterocycles. The number of hydrogen-bond acceptors (Lipinski definition) is 6. The Morgan fingerprint density at radius 2 is 1.86 bits per heavy atom. The van der Waals surface area contributed by atoms with Crippen molar-refractivity contribution in [3.63, 3.8) is 0 Å². The van der Waals surface area contributed by atoms with E-state index in [0.717, 1.165) is 18.8 Å². The lowest BCUT2D eigenvalue weighted by Crippen LogP contribution is -2.42. The van der Waals surface area contributed by atoms with Gasteiger partial charge in [-0.3, -0.25) is 9.59 Å². The number of benzene rings is 2. The first-order chi connectivity index (χ1) is 17.4. The Balaban J connectivity index is 1.54. The number of anilines is 2. The van der Waals surface area contributed by atoms with Crippen LogP contribution in [-0.4, -0.2) is 51.8 Å². The number of hydrogen-bond donors (Lipinski definition) is 3. The van der Waals surface area contributed by atoms with Crippen molar-refractivity contribution >= 4 is 34.2 Å². The standard InChI is InChI=1S/C25H22F2N6O3/c1-13-10-16-20(27)18(11-17(26)21(16)31-13)36-24-19(25(35)33-8-3-9-33)22(29-12-30-24)32-15-6-4-14(5-7-15)23(34)28-2/h4-7,10-12,31H,3,8-9H2,1-2H3,(H,28,34)(H,29,30,32). The zero-order valence-electron chi connectivity index (χ0n) is 19.5. The van der Waals surface area contributed by atoms with Crippen LogP contribution in [0.15, 0.2) is 42.7 Å². The normalized spacial score (nSPS) is 12.8. The van der Waals surface area contributed by atoms with Crippen molar-refractivity contribution < 1.29 is 23.1 Å². The molecular weight excluding hydrogens is 470 g/mol.